The normalized spacial score (nSPS) is 21.2. The lowest BCUT2D eigenvalue weighted by atomic mass is 9.96. The molecule has 0 N–H and O–H groups in total. The maximum Gasteiger partial charge on any atom is 0.224 e. The molecule has 0 saturated carbocycles. The Morgan fingerprint density at radius 3 is 3.00 bits per heavy atom. The predicted molar refractivity (Wildman–Crippen MR) is 67.0 cm³/mol. The summed E-state index contributed by atoms with van der Waals surface area (Å²) in [5.41, 5.74) is 0.939. The van der Waals surface area contributed by atoms with Crippen LogP contribution in [0.3, 0.4) is 0 Å². The molecule has 2 heterocycles. The van der Waals surface area contributed by atoms with E-state index in [1.165, 1.54) is 19.3 Å². The molecule has 1 atom stereocenters. The van der Waals surface area contributed by atoms with E-state index in [2.05, 4.69) is 21.8 Å². The molecule has 0 bridgehead atoms. The predicted octanol–water partition coefficient (Wildman–Crippen LogP) is 3.06. The van der Waals surface area contributed by atoms with E-state index in [0.717, 1.165) is 30.5 Å². The van der Waals surface area contributed by atoms with Gasteiger partial charge in [0.1, 0.15) is 5.82 Å². The summed E-state index contributed by atoms with van der Waals surface area (Å²) in [4.78, 5) is 10.7. The molecule has 1 aliphatic heterocycles. The first-order valence-corrected chi connectivity index (χ1v) is 6.33. The van der Waals surface area contributed by atoms with Gasteiger partial charge in [-0.05, 0) is 37.3 Å². The van der Waals surface area contributed by atoms with E-state index in [0.29, 0.717) is 5.28 Å². The number of halogens is 1. The summed E-state index contributed by atoms with van der Waals surface area (Å²) in [5, 5.41) is 0.355. The number of rotatable bonds is 2. The van der Waals surface area contributed by atoms with Gasteiger partial charge in [-0.3, -0.25) is 0 Å². The average Bonchev–Trinajstić information content (AvgIpc) is 2.28. The van der Waals surface area contributed by atoms with Gasteiger partial charge >= 0.3 is 0 Å². The van der Waals surface area contributed by atoms with Crippen LogP contribution < -0.4 is 4.90 Å². The van der Waals surface area contributed by atoms with Gasteiger partial charge in [-0.15, -0.1) is 0 Å². The summed E-state index contributed by atoms with van der Waals surface area (Å²) in [6.45, 7) is 6.40. The van der Waals surface area contributed by atoms with Crippen LogP contribution in [0.2, 0.25) is 5.28 Å². The molecule has 0 aliphatic carbocycles. The molecular weight excluding hydrogens is 222 g/mol. The van der Waals surface area contributed by atoms with Gasteiger partial charge in [0.15, 0.2) is 0 Å². The molecule has 0 spiro atoms. The molecule has 1 aromatic rings. The summed E-state index contributed by atoms with van der Waals surface area (Å²) in [5.74, 6) is 1.78. The summed E-state index contributed by atoms with van der Waals surface area (Å²) in [6, 6.07) is 2.02. The minimum atomic E-state index is 0.355. The van der Waals surface area contributed by atoms with Crippen LogP contribution in [0.4, 0.5) is 5.82 Å². The van der Waals surface area contributed by atoms with Crippen molar-refractivity contribution in [2.24, 2.45) is 5.92 Å². The van der Waals surface area contributed by atoms with Crippen molar-refractivity contribution in [1.82, 2.24) is 9.97 Å². The molecule has 3 nitrogen and oxygen atoms in total. The number of piperidine rings is 1. The standard InChI is InChI=1S/C12H18ClN3/c1-3-10-5-4-6-16(8-10)11-7-9(2)14-12(13)15-11/h7,10H,3-6,8H2,1-2H3. The van der Waals surface area contributed by atoms with E-state index in [1.54, 1.807) is 0 Å². The molecule has 16 heavy (non-hydrogen) atoms. The highest BCUT2D eigenvalue weighted by atomic mass is 35.5. The number of aromatic nitrogens is 2. The minimum absolute atomic E-state index is 0.355. The smallest absolute Gasteiger partial charge is 0.224 e. The first-order chi connectivity index (χ1) is 7.69. The highest BCUT2D eigenvalue weighted by Gasteiger charge is 2.20. The Morgan fingerprint density at radius 2 is 2.31 bits per heavy atom. The second-order valence-electron chi connectivity index (χ2n) is 4.50. The van der Waals surface area contributed by atoms with E-state index in [1.807, 2.05) is 13.0 Å². The Labute approximate surface area is 102 Å². The molecule has 0 aromatic carbocycles. The average molecular weight is 240 g/mol. The first kappa shape index (κ1) is 11.6. The van der Waals surface area contributed by atoms with Crippen molar-refractivity contribution in [3.05, 3.63) is 17.0 Å². The molecule has 1 aromatic heterocycles. The van der Waals surface area contributed by atoms with Crippen LogP contribution in [0.5, 0.6) is 0 Å². The van der Waals surface area contributed by atoms with Gasteiger partial charge < -0.3 is 4.90 Å². The third kappa shape index (κ3) is 2.64. The summed E-state index contributed by atoms with van der Waals surface area (Å²) in [6.07, 6.45) is 3.83. The SMILES string of the molecule is CCC1CCCN(c2cc(C)nc(Cl)n2)C1. The van der Waals surface area contributed by atoms with Gasteiger partial charge in [-0.25, -0.2) is 9.97 Å². The fourth-order valence-electron chi connectivity index (χ4n) is 2.28. The maximum atomic E-state index is 5.89. The van der Waals surface area contributed by atoms with Crippen molar-refractivity contribution in [3.8, 4) is 0 Å². The minimum Gasteiger partial charge on any atom is -0.356 e. The summed E-state index contributed by atoms with van der Waals surface area (Å²) in [7, 11) is 0. The second kappa shape index (κ2) is 5.00. The van der Waals surface area contributed by atoms with Crippen LogP contribution in [-0.2, 0) is 0 Å². The Balaban J connectivity index is 2.16. The van der Waals surface area contributed by atoms with Crippen LogP contribution in [0.15, 0.2) is 6.07 Å². The third-order valence-corrected chi connectivity index (χ3v) is 3.40. The monoisotopic (exact) mass is 239 g/mol. The molecule has 88 valence electrons. The number of aryl methyl sites for hydroxylation is 1. The maximum absolute atomic E-state index is 5.89. The fraction of sp³-hybridized carbons (Fsp3) is 0.667. The van der Waals surface area contributed by atoms with Gasteiger partial charge in [-0.2, -0.15) is 0 Å². The lowest BCUT2D eigenvalue weighted by molar-refractivity contribution is 0.403. The van der Waals surface area contributed by atoms with Crippen molar-refractivity contribution in [1.29, 1.82) is 0 Å². The van der Waals surface area contributed by atoms with Crippen molar-refractivity contribution >= 4 is 17.4 Å². The molecule has 0 amide bonds. The van der Waals surface area contributed by atoms with E-state index >= 15 is 0 Å². The Hall–Kier alpha value is -0.830. The van der Waals surface area contributed by atoms with Crippen LogP contribution in [0.1, 0.15) is 31.9 Å². The third-order valence-electron chi connectivity index (χ3n) is 3.23. The van der Waals surface area contributed by atoms with E-state index < -0.39 is 0 Å². The summed E-state index contributed by atoms with van der Waals surface area (Å²) < 4.78 is 0. The molecule has 0 radical (unpaired) electrons. The lowest BCUT2D eigenvalue weighted by Crippen LogP contribution is -2.35. The van der Waals surface area contributed by atoms with Crippen LogP contribution in [-0.4, -0.2) is 23.1 Å². The first-order valence-electron chi connectivity index (χ1n) is 5.95. The van der Waals surface area contributed by atoms with Crippen LogP contribution in [0.25, 0.3) is 0 Å². The van der Waals surface area contributed by atoms with Crippen molar-refractivity contribution in [3.63, 3.8) is 0 Å². The largest absolute Gasteiger partial charge is 0.356 e. The molecule has 1 fully saturated rings. The molecule has 1 aliphatic rings. The molecule has 4 heteroatoms. The fourth-order valence-corrected chi connectivity index (χ4v) is 2.50. The van der Waals surface area contributed by atoms with Crippen molar-refractivity contribution in [2.75, 3.05) is 18.0 Å². The second-order valence-corrected chi connectivity index (χ2v) is 4.84. The zero-order valence-electron chi connectivity index (χ0n) is 9.91. The number of nitrogens with zero attached hydrogens (tertiary/aromatic N) is 3. The van der Waals surface area contributed by atoms with Gasteiger partial charge in [0.05, 0.1) is 0 Å². The van der Waals surface area contributed by atoms with E-state index in [9.17, 15) is 0 Å². The number of anilines is 1. The topological polar surface area (TPSA) is 29.0 Å². The Morgan fingerprint density at radius 1 is 1.50 bits per heavy atom. The molecule has 1 unspecified atom stereocenters. The molecule has 2 rings (SSSR count). The highest BCUT2D eigenvalue weighted by molar-refractivity contribution is 6.28. The van der Waals surface area contributed by atoms with E-state index in [-0.39, 0.29) is 0 Å². The lowest BCUT2D eigenvalue weighted by Gasteiger charge is -2.33. The molecular formula is C12H18ClN3. The quantitative estimate of drug-likeness (QED) is 0.743. The zero-order valence-corrected chi connectivity index (χ0v) is 10.7. The van der Waals surface area contributed by atoms with Gasteiger partial charge in [0.25, 0.3) is 0 Å². The van der Waals surface area contributed by atoms with Crippen molar-refractivity contribution < 1.29 is 0 Å². The highest BCUT2D eigenvalue weighted by Crippen LogP contribution is 2.24. The summed E-state index contributed by atoms with van der Waals surface area (Å²) >= 11 is 5.89. The molecule has 1 saturated heterocycles. The van der Waals surface area contributed by atoms with Crippen molar-refractivity contribution in [2.45, 2.75) is 33.1 Å². The Bertz CT molecular complexity index is 347. The zero-order chi connectivity index (χ0) is 11.5. The van der Waals surface area contributed by atoms with E-state index in [4.69, 9.17) is 11.6 Å². The van der Waals surface area contributed by atoms with Crippen LogP contribution in [0, 0.1) is 12.8 Å². The van der Waals surface area contributed by atoms with Crippen LogP contribution >= 0.6 is 11.6 Å². The Kier molecular flexibility index (Phi) is 3.64. The van der Waals surface area contributed by atoms with Gasteiger partial charge in [0, 0.05) is 24.8 Å². The van der Waals surface area contributed by atoms with Gasteiger partial charge in [-0.1, -0.05) is 13.3 Å². The van der Waals surface area contributed by atoms with Gasteiger partial charge in [0.2, 0.25) is 5.28 Å². The number of hydrogen-bond donors (Lipinski definition) is 0. The number of hydrogen-bond acceptors (Lipinski definition) is 3.